The Hall–Kier alpha value is -0.620. The highest BCUT2D eigenvalue weighted by molar-refractivity contribution is 9.10. The van der Waals surface area contributed by atoms with Crippen LogP contribution in [0, 0.1) is 11.6 Å². The zero-order valence-electron chi connectivity index (χ0n) is 9.53. The van der Waals surface area contributed by atoms with E-state index in [0.717, 1.165) is 12.1 Å². The van der Waals surface area contributed by atoms with Crippen LogP contribution in [0.3, 0.4) is 0 Å². The van der Waals surface area contributed by atoms with Gasteiger partial charge in [-0.15, -0.1) is 0 Å². The molecule has 1 saturated heterocycles. The summed E-state index contributed by atoms with van der Waals surface area (Å²) in [6, 6.07) is 2.08. The predicted octanol–water partition coefficient (Wildman–Crippen LogP) is 3.96. The first kappa shape index (κ1) is 13.8. The predicted molar refractivity (Wildman–Crippen MR) is 63.5 cm³/mol. The van der Waals surface area contributed by atoms with Crippen molar-refractivity contribution >= 4 is 15.9 Å². The van der Waals surface area contributed by atoms with E-state index in [1.165, 1.54) is 0 Å². The van der Waals surface area contributed by atoms with Gasteiger partial charge in [-0.05, 0) is 28.1 Å². The summed E-state index contributed by atoms with van der Waals surface area (Å²) < 4.78 is 52.9. The van der Waals surface area contributed by atoms with Crippen molar-refractivity contribution in [1.29, 1.82) is 0 Å². The molecule has 0 aromatic heterocycles. The average molecular weight is 326 g/mol. The Balaban J connectivity index is 2.09. The fourth-order valence-electron chi connectivity index (χ4n) is 1.98. The fourth-order valence-corrected chi connectivity index (χ4v) is 2.42. The van der Waals surface area contributed by atoms with Crippen LogP contribution in [0.1, 0.15) is 18.4 Å². The van der Waals surface area contributed by atoms with Crippen molar-refractivity contribution in [3.05, 3.63) is 33.8 Å². The van der Waals surface area contributed by atoms with Gasteiger partial charge in [-0.25, -0.2) is 17.6 Å². The Kier molecular flexibility index (Phi) is 3.96. The smallest absolute Gasteiger partial charge is 0.250 e. The van der Waals surface area contributed by atoms with E-state index in [2.05, 4.69) is 15.9 Å². The molecule has 1 aliphatic rings. The van der Waals surface area contributed by atoms with E-state index < -0.39 is 17.6 Å². The maximum Gasteiger partial charge on any atom is 0.250 e. The van der Waals surface area contributed by atoms with Gasteiger partial charge >= 0.3 is 0 Å². The van der Waals surface area contributed by atoms with E-state index in [1.54, 1.807) is 4.90 Å². The quantitative estimate of drug-likeness (QED) is 0.587. The molecule has 18 heavy (non-hydrogen) atoms. The lowest BCUT2D eigenvalue weighted by Crippen LogP contribution is -2.39. The zero-order chi connectivity index (χ0) is 13.3. The van der Waals surface area contributed by atoms with Gasteiger partial charge < -0.3 is 0 Å². The van der Waals surface area contributed by atoms with Gasteiger partial charge in [0.05, 0.1) is 4.47 Å². The third-order valence-electron chi connectivity index (χ3n) is 3.11. The molecule has 6 heteroatoms. The molecule has 0 bridgehead atoms. The molecule has 100 valence electrons. The van der Waals surface area contributed by atoms with Gasteiger partial charge in [-0.3, -0.25) is 4.90 Å². The van der Waals surface area contributed by atoms with Crippen LogP contribution < -0.4 is 0 Å². The molecule has 1 aromatic rings. The molecular formula is C12H12BrF4N. The SMILES string of the molecule is Fc1ccc(F)c(CN2CCC(F)(F)CC2)c1Br. The Morgan fingerprint density at radius 1 is 1.11 bits per heavy atom. The molecule has 0 amide bonds. The van der Waals surface area contributed by atoms with Crippen LogP contribution in [-0.2, 0) is 6.54 Å². The van der Waals surface area contributed by atoms with Crippen LogP contribution in [0.15, 0.2) is 16.6 Å². The van der Waals surface area contributed by atoms with E-state index in [9.17, 15) is 17.6 Å². The molecule has 1 fully saturated rings. The number of nitrogens with zero attached hydrogens (tertiary/aromatic N) is 1. The Morgan fingerprint density at radius 3 is 2.28 bits per heavy atom. The lowest BCUT2D eigenvalue weighted by atomic mass is 10.1. The lowest BCUT2D eigenvalue weighted by Gasteiger charge is -2.31. The summed E-state index contributed by atoms with van der Waals surface area (Å²) in [5.74, 6) is -3.71. The number of hydrogen-bond donors (Lipinski definition) is 0. The first-order chi connectivity index (χ1) is 8.39. The topological polar surface area (TPSA) is 3.24 Å². The number of likely N-dealkylation sites (tertiary alicyclic amines) is 1. The maximum absolute atomic E-state index is 13.6. The van der Waals surface area contributed by atoms with Gasteiger partial charge in [0.2, 0.25) is 0 Å². The Labute approximate surface area is 111 Å². The molecule has 1 aliphatic heterocycles. The van der Waals surface area contributed by atoms with Crippen molar-refractivity contribution < 1.29 is 17.6 Å². The van der Waals surface area contributed by atoms with E-state index in [1.807, 2.05) is 0 Å². The fraction of sp³-hybridized carbons (Fsp3) is 0.500. The number of rotatable bonds is 2. The van der Waals surface area contributed by atoms with Gasteiger partial charge in [0, 0.05) is 38.0 Å². The summed E-state index contributed by atoms with van der Waals surface area (Å²) in [6.45, 7) is 0.519. The molecule has 0 saturated carbocycles. The third kappa shape index (κ3) is 3.03. The van der Waals surface area contributed by atoms with Crippen LogP contribution in [-0.4, -0.2) is 23.9 Å². The highest BCUT2D eigenvalue weighted by atomic mass is 79.9. The first-order valence-corrected chi connectivity index (χ1v) is 6.41. The molecule has 0 aliphatic carbocycles. The minimum atomic E-state index is -2.63. The highest BCUT2D eigenvalue weighted by Crippen LogP contribution is 2.30. The van der Waals surface area contributed by atoms with E-state index in [-0.39, 0.29) is 42.5 Å². The van der Waals surface area contributed by atoms with Crippen LogP contribution in [0.5, 0.6) is 0 Å². The highest BCUT2D eigenvalue weighted by Gasteiger charge is 2.34. The van der Waals surface area contributed by atoms with Crippen molar-refractivity contribution in [2.75, 3.05) is 13.1 Å². The first-order valence-electron chi connectivity index (χ1n) is 5.61. The average Bonchev–Trinajstić information content (AvgIpc) is 2.32. The number of halogens is 5. The van der Waals surface area contributed by atoms with Crippen LogP contribution in [0.2, 0.25) is 0 Å². The van der Waals surface area contributed by atoms with Crippen molar-refractivity contribution in [3.8, 4) is 0 Å². The molecule has 1 heterocycles. The largest absolute Gasteiger partial charge is 0.298 e. The van der Waals surface area contributed by atoms with Crippen molar-refractivity contribution in [2.24, 2.45) is 0 Å². The second kappa shape index (κ2) is 5.17. The van der Waals surface area contributed by atoms with E-state index in [4.69, 9.17) is 0 Å². The minimum absolute atomic E-state index is 0.0693. The van der Waals surface area contributed by atoms with Gasteiger partial charge in [-0.1, -0.05) is 0 Å². The molecule has 0 unspecified atom stereocenters. The van der Waals surface area contributed by atoms with Crippen LogP contribution >= 0.6 is 15.9 Å². The van der Waals surface area contributed by atoms with Crippen molar-refractivity contribution in [1.82, 2.24) is 4.90 Å². The lowest BCUT2D eigenvalue weighted by molar-refractivity contribution is -0.0568. The second-order valence-electron chi connectivity index (χ2n) is 4.45. The normalized spacial score (nSPS) is 20.1. The summed E-state index contributed by atoms with van der Waals surface area (Å²) in [5.41, 5.74) is 0.181. The standard InChI is InChI=1S/C12H12BrF4N/c13-11-8(9(14)1-2-10(11)15)7-18-5-3-12(16,17)4-6-18/h1-2H,3-7H2. The van der Waals surface area contributed by atoms with Crippen molar-refractivity contribution in [2.45, 2.75) is 25.3 Å². The Bertz CT molecular complexity index is 440. The summed E-state index contributed by atoms with van der Waals surface area (Å²) in [6.07, 6.45) is -0.469. The molecule has 0 spiro atoms. The molecule has 0 N–H and O–H groups in total. The summed E-state index contributed by atoms with van der Waals surface area (Å²) in [7, 11) is 0. The number of hydrogen-bond acceptors (Lipinski definition) is 1. The molecule has 1 nitrogen and oxygen atoms in total. The van der Waals surface area contributed by atoms with E-state index in [0.29, 0.717) is 0 Å². The number of benzene rings is 1. The molecule has 2 rings (SSSR count). The monoisotopic (exact) mass is 325 g/mol. The molecular weight excluding hydrogens is 314 g/mol. The summed E-state index contributed by atoms with van der Waals surface area (Å²) in [4.78, 5) is 1.71. The minimum Gasteiger partial charge on any atom is -0.298 e. The molecule has 0 radical (unpaired) electrons. The van der Waals surface area contributed by atoms with Gasteiger partial charge in [-0.2, -0.15) is 0 Å². The second-order valence-corrected chi connectivity index (χ2v) is 5.25. The summed E-state index contributed by atoms with van der Waals surface area (Å²) >= 11 is 2.99. The third-order valence-corrected chi connectivity index (χ3v) is 3.97. The number of piperidine rings is 1. The van der Waals surface area contributed by atoms with Crippen LogP contribution in [0.25, 0.3) is 0 Å². The zero-order valence-corrected chi connectivity index (χ0v) is 11.1. The van der Waals surface area contributed by atoms with Crippen molar-refractivity contribution in [3.63, 3.8) is 0 Å². The van der Waals surface area contributed by atoms with Crippen LogP contribution in [0.4, 0.5) is 17.6 Å². The van der Waals surface area contributed by atoms with Gasteiger partial charge in [0.15, 0.2) is 0 Å². The van der Waals surface area contributed by atoms with E-state index >= 15 is 0 Å². The number of alkyl halides is 2. The summed E-state index contributed by atoms with van der Waals surface area (Å²) in [5, 5.41) is 0. The van der Waals surface area contributed by atoms with Gasteiger partial charge in [0.1, 0.15) is 11.6 Å². The maximum atomic E-state index is 13.6. The molecule has 0 atom stereocenters. The molecule has 1 aromatic carbocycles. The van der Waals surface area contributed by atoms with Gasteiger partial charge in [0.25, 0.3) is 5.92 Å². The Morgan fingerprint density at radius 2 is 1.67 bits per heavy atom.